The van der Waals surface area contributed by atoms with E-state index in [2.05, 4.69) is 4.74 Å². The van der Waals surface area contributed by atoms with Gasteiger partial charge in [0, 0.05) is 6.42 Å². The number of hydrogen-bond acceptors (Lipinski definition) is 3. The molecule has 3 heteroatoms. The first-order chi connectivity index (χ1) is 6.33. The Balaban J connectivity index is 2.41. The lowest BCUT2D eigenvalue weighted by Gasteiger charge is -1.98. The summed E-state index contributed by atoms with van der Waals surface area (Å²) in [6.45, 7) is 0.140. The van der Waals surface area contributed by atoms with Gasteiger partial charge in [-0.25, -0.2) is 0 Å². The van der Waals surface area contributed by atoms with Crippen molar-refractivity contribution in [2.24, 2.45) is 0 Å². The van der Waals surface area contributed by atoms with Gasteiger partial charge in [0.25, 0.3) is 6.47 Å². The number of carbonyl (C=O) groups is 2. The number of Topliss-reactive ketones (excluding diaryl/α,β-unsaturated/α-hetero) is 1. The molecule has 0 N–H and O–H groups in total. The fourth-order valence-electron chi connectivity index (χ4n) is 1.00. The van der Waals surface area contributed by atoms with Crippen LogP contribution in [0, 0.1) is 0 Å². The molecule has 1 aromatic rings. The zero-order valence-corrected chi connectivity index (χ0v) is 7.10. The van der Waals surface area contributed by atoms with Gasteiger partial charge in [-0.05, 0) is 5.56 Å². The van der Waals surface area contributed by atoms with Crippen molar-refractivity contribution in [1.82, 2.24) is 0 Å². The summed E-state index contributed by atoms with van der Waals surface area (Å²) in [5.41, 5.74) is 0.932. The number of carbonyl (C=O) groups excluding carboxylic acids is 2. The molecule has 0 aliphatic rings. The minimum atomic E-state index is -0.140. The molecule has 0 radical (unpaired) electrons. The summed E-state index contributed by atoms with van der Waals surface area (Å²) in [5.74, 6) is -0.0988. The molecule has 0 fully saturated rings. The summed E-state index contributed by atoms with van der Waals surface area (Å²) < 4.78 is 4.34. The van der Waals surface area contributed by atoms with Crippen LogP contribution in [0.4, 0.5) is 0 Å². The van der Waals surface area contributed by atoms with E-state index < -0.39 is 0 Å². The Hall–Kier alpha value is -1.64. The van der Waals surface area contributed by atoms with E-state index in [0.717, 1.165) is 5.56 Å². The second-order valence-electron chi connectivity index (χ2n) is 2.61. The topological polar surface area (TPSA) is 43.4 Å². The number of benzene rings is 1. The van der Waals surface area contributed by atoms with Gasteiger partial charge in [0.2, 0.25) is 0 Å². The highest BCUT2D eigenvalue weighted by atomic mass is 16.5. The SMILES string of the molecule is O=COCC(=O)Cc1ccccc1. The van der Waals surface area contributed by atoms with E-state index in [0.29, 0.717) is 6.42 Å². The van der Waals surface area contributed by atoms with Crippen molar-refractivity contribution < 1.29 is 14.3 Å². The average Bonchev–Trinajstić information content (AvgIpc) is 2.16. The van der Waals surface area contributed by atoms with Crippen molar-refractivity contribution in [3.63, 3.8) is 0 Å². The molecular weight excluding hydrogens is 168 g/mol. The Labute approximate surface area is 76.3 Å². The highest BCUT2D eigenvalue weighted by Gasteiger charge is 2.02. The summed E-state index contributed by atoms with van der Waals surface area (Å²) in [4.78, 5) is 20.9. The molecule has 0 bridgehead atoms. The summed E-state index contributed by atoms with van der Waals surface area (Å²) in [5, 5.41) is 0. The fourth-order valence-corrected chi connectivity index (χ4v) is 1.00. The predicted molar refractivity (Wildman–Crippen MR) is 47.2 cm³/mol. The first kappa shape index (κ1) is 9.45. The van der Waals surface area contributed by atoms with Crippen molar-refractivity contribution in [3.05, 3.63) is 35.9 Å². The number of rotatable bonds is 5. The molecule has 0 heterocycles. The molecule has 3 nitrogen and oxygen atoms in total. The van der Waals surface area contributed by atoms with Crippen LogP contribution in [0.2, 0.25) is 0 Å². The van der Waals surface area contributed by atoms with E-state index in [1.807, 2.05) is 30.3 Å². The van der Waals surface area contributed by atoms with E-state index in [9.17, 15) is 9.59 Å². The molecule has 0 unspecified atom stereocenters. The molecule has 13 heavy (non-hydrogen) atoms. The lowest BCUT2D eigenvalue weighted by Crippen LogP contribution is -2.10. The third kappa shape index (κ3) is 3.51. The van der Waals surface area contributed by atoms with Crippen LogP contribution >= 0.6 is 0 Å². The van der Waals surface area contributed by atoms with E-state index in [4.69, 9.17) is 0 Å². The largest absolute Gasteiger partial charge is 0.460 e. The van der Waals surface area contributed by atoms with E-state index in [1.54, 1.807) is 0 Å². The van der Waals surface area contributed by atoms with Gasteiger partial charge in [0.15, 0.2) is 5.78 Å². The van der Waals surface area contributed by atoms with Gasteiger partial charge in [0.1, 0.15) is 6.61 Å². The van der Waals surface area contributed by atoms with Gasteiger partial charge < -0.3 is 4.74 Å². The zero-order valence-electron chi connectivity index (χ0n) is 7.10. The van der Waals surface area contributed by atoms with Gasteiger partial charge in [-0.2, -0.15) is 0 Å². The maximum atomic E-state index is 11.1. The van der Waals surface area contributed by atoms with Crippen molar-refractivity contribution >= 4 is 12.3 Å². The van der Waals surface area contributed by atoms with Crippen LogP contribution in [0.1, 0.15) is 5.56 Å². The van der Waals surface area contributed by atoms with E-state index in [1.165, 1.54) is 0 Å². The number of ether oxygens (including phenoxy) is 1. The van der Waals surface area contributed by atoms with Gasteiger partial charge in [-0.3, -0.25) is 9.59 Å². The van der Waals surface area contributed by atoms with Crippen molar-refractivity contribution in [2.75, 3.05) is 6.61 Å². The van der Waals surface area contributed by atoms with Gasteiger partial charge in [-0.15, -0.1) is 0 Å². The number of hydrogen-bond donors (Lipinski definition) is 0. The molecule has 68 valence electrons. The molecule has 1 aromatic carbocycles. The monoisotopic (exact) mass is 178 g/mol. The maximum Gasteiger partial charge on any atom is 0.293 e. The highest BCUT2D eigenvalue weighted by molar-refractivity contribution is 5.82. The Bertz CT molecular complexity index is 279. The first-order valence-corrected chi connectivity index (χ1v) is 3.94. The normalized spacial score (nSPS) is 9.23. The zero-order chi connectivity index (χ0) is 9.52. The number of ketones is 1. The van der Waals surface area contributed by atoms with Gasteiger partial charge >= 0.3 is 0 Å². The van der Waals surface area contributed by atoms with E-state index in [-0.39, 0.29) is 18.9 Å². The Morgan fingerprint density at radius 3 is 2.62 bits per heavy atom. The average molecular weight is 178 g/mol. The molecule has 1 rings (SSSR count). The first-order valence-electron chi connectivity index (χ1n) is 3.94. The molecular formula is C10H10O3. The van der Waals surface area contributed by atoms with Crippen molar-refractivity contribution in [1.29, 1.82) is 0 Å². The maximum absolute atomic E-state index is 11.1. The summed E-state index contributed by atoms with van der Waals surface area (Å²) in [6.07, 6.45) is 0.314. The summed E-state index contributed by atoms with van der Waals surface area (Å²) >= 11 is 0. The lowest BCUT2D eigenvalue weighted by atomic mass is 10.1. The van der Waals surface area contributed by atoms with Crippen LogP contribution in [0.25, 0.3) is 0 Å². The smallest absolute Gasteiger partial charge is 0.293 e. The molecule has 0 saturated carbocycles. The second-order valence-corrected chi connectivity index (χ2v) is 2.61. The second kappa shape index (κ2) is 5.09. The Kier molecular flexibility index (Phi) is 3.70. The van der Waals surface area contributed by atoms with Crippen LogP contribution in [0.3, 0.4) is 0 Å². The molecule has 0 aromatic heterocycles. The van der Waals surface area contributed by atoms with Crippen LogP contribution in [0.5, 0.6) is 0 Å². The van der Waals surface area contributed by atoms with E-state index >= 15 is 0 Å². The quantitative estimate of drug-likeness (QED) is 0.631. The van der Waals surface area contributed by atoms with Crippen LogP contribution in [0.15, 0.2) is 30.3 Å². The molecule has 0 saturated heterocycles. The van der Waals surface area contributed by atoms with Crippen LogP contribution in [-0.4, -0.2) is 18.9 Å². The lowest BCUT2D eigenvalue weighted by molar-refractivity contribution is -0.136. The molecule has 0 aliphatic carbocycles. The molecule has 0 aliphatic heterocycles. The summed E-state index contributed by atoms with van der Waals surface area (Å²) in [6, 6.07) is 9.33. The standard InChI is InChI=1S/C10H10O3/c11-8-13-7-10(12)6-9-4-2-1-3-5-9/h1-5,8H,6-7H2. The van der Waals surface area contributed by atoms with Crippen LogP contribution in [-0.2, 0) is 20.7 Å². The highest BCUT2D eigenvalue weighted by Crippen LogP contribution is 1.99. The molecule has 0 spiro atoms. The minimum Gasteiger partial charge on any atom is -0.460 e. The van der Waals surface area contributed by atoms with Gasteiger partial charge in [0.05, 0.1) is 0 Å². The third-order valence-electron chi connectivity index (χ3n) is 1.56. The van der Waals surface area contributed by atoms with Crippen LogP contribution < -0.4 is 0 Å². The fraction of sp³-hybridized carbons (Fsp3) is 0.200. The van der Waals surface area contributed by atoms with Gasteiger partial charge in [-0.1, -0.05) is 30.3 Å². The van der Waals surface area contributed by atoms with Crippen molar-refractivity contribution in [3.8, 4) is 0 Å². The molecule has 0 atom stereocenters. The summed E-state index contributed by atoms with van der Waals surface area (Å²) in [7, 11) is 0. The Morgan fingerprint density at radius 1 is 1.31 bits per heavy atom. The third-order valence-corrected chi connectivity index (χ3v) is 1.56. The minimum absolute atomic E-state index is 0.0988. The Morgan fingerprint density at radius 2 is 2.00 bits per heavy atom. The molecule has 0 amide bonds. The van der Waals surface area contributed by atoms with Crippen molar-refractivity contribution in [2.45, 2.75) is 6.42 Å². The predicted octanol–water partition coefficient (Wildman–Crippen LogP) is 0.971.